The summed E-state index contributed by atoms with van der Waals surface area (Å²) >= 11 is 0. The van der Waals surface area contributed by atoms with Gasteiger partial charge in [0, 0.05) is 35.7 Å². The van der Waals surface area contributed by atoms with Crippen LogP contribution >= 0.6 is 0 Å². The van der Waals surface area contributed by atoms with Gasteiger partial charge in [-0.15, -0.1) is 0 Å². The van der Waals surface area contributed by atoms with Crippen LogP contribution in [0.15, 0.2) is 36.5 Å². The van der Waals surface area contributed by atoms with E-state index in [1.165, 1.54) is 13.2 Å². The van der Waals surface area contributed by atoms with Crippen molar-refractivity contribution in [3.8, 4) is 5.75 Å². The highest BCUT2D eigenvalue weighted by Gasteiger charge is 2.33. The van der Waals surface area contributed by atoms with Gasteiger partial charge in [0.25, 0.3) is 5.69 Å². The zero-order chi connectivity index (χ0) is 21.5. The number of methoxy groups -OCH3 is 1. The number of hydrogen-bond donors (Lipinski definition) is 2. The Bertz CT molecular complexity index is 1130. The van der Waals surface area contributed by atoms with Gasteiger partial charge in [-0.3, -0.25) is 9.48 Å². The first kappa shape index (κ1) is 19.8. The van der Waals surface area contributed by atoms with Crippen LogP contribution in [0.25, 0.3) is 10.9 Å². The monoisotopic (exact) mass is 422 g/mol. The molecule has 31 heavy (non-hydrogen) atoms. The summed E-state index contributed by atoms with van der Waals surface area (Å²) < 4.78 is 8.17. The molecule has 8 heteroatoms. The van der Waals surface area contributed by atoms with Crippen molar-refractivity contribution in [3.05, 3.63) is 53.1 Å². The third-order valence-corrected chi connectivity index (χ3v) is 6.33. The Morgan fingerprint density at radius 3 is 2.71 bits per heavy atom. The summed E-state index contributed by atoms with van der Waals surface area (Å²) in [5.41, 5.74) is 1.99. The third kappa shape index (κ3) is 3.83. The maximum absolute atomic E-state index is 12.9. The third-order valence-electron chi connectivity index (χ3n) is 6.33. The van der Waals surface area contributed by atoms with Gasteiger partial charge in [-0.2, -0.15) is 9.83 Å². The number of carbonyl (C=O) groups excluding carboxylic acids is 1. The molecule has 0 saturated heterocycles. The van der Waals surface area contributed by atoms with Crippen molar-refractivity contribution in [3.63, 3.8) is 0 Å². The molecular weight excluding hydrogens is 396 g/mol. The number of hydrogen-bond acceptors (Lipinski definition) is 5. The molecule has 2 fully saturated rings. The van der Waals surface area contributed by atoms with Crippen molar-refractivity contribution >= 4 is 22.5 Å². The first-order chi connectivity index (χ1) is 15.0. The molecule has 0 bridgehead atoms. The number of nitrogens with zero attached hydrogens (tertiary/aromatic N) is 3. The van der Waals surface area contributed by atoms with Crippen molar-refractivity contribution in [2.75, 3.05) is 12.4 Å². The number of aromatic nitrogens is 3. The maximum atomic E-state index is 12.9. The molecule has 1 amide bonds. The minimum atomic E-state index is -0.469. The first-order valence-electron chi connectivity index (χ1n) is 10.8. The molecule has 0 radical (unpaired) electrons. The number of rotatable bonds is 5. The van der Waals surface area contributed by atoms with E-state index in [4.69, 9.17) is 4.74 Å². The lowest BCUT2D eigenvalue weighted by Crippen LogP contribution is -2.40. The van der Waals surface area contributed by atoms with E-state index in [2.05, 4.69) is 10.4 Å². The molecule has 0 aliphatic heterocycles. The number of ether oxygens (including phenoxy) is 1. The van der Waals surface area contributed by atoms with Gasteiger partial charge in [-0.25, -0.2) is 0 Å². The number of aliphatic hydroxyl groups is 1. The summed E-state index contributed by atoms with van der Waals surface area (Å²) in [5.74, 6) is 0.271. The van der Waals surface area contributed by atoms with Gasteiger partial charge in [-0.1, -0.05) is 0 Å². The second kappa shape index (κ2) is 7.85. The molecule has 0 atom stereocenters. The van der Waals surface area contributed by atoms with Crippen molar-refractivity contribution in [2.24, 2.45) is 0 Å². The second-order valence-electron chi connectivity index (χ2n) is 8.54. The Balaban J connectivity index is 1.42. The maximum Gasteiger partial charge on any atom is 0.321 e. The molecule has 2 aromatic heterocycles. The zero-order valence-electron chi connectivity index (χ0n) is 17.5. The fourth-order valence-corrected chi connectivity index (χ4v) is 4.40. The predicted molar refractivity (Wildman–Crippen MR) is 115 cm³/mol. The number of pyridine rings is 1. The molecule has 162 valence electrons. The van der Waals surface area contributed by atoms with Crippen LogP contribution in [0, 0.1) is 5.21 Å². The average Bonchev–Trinajstić information content (AvgIpc) is 3.53. The lowest BCUT2D eigenvalue weighted by Gasteiger charge is -2.25. The number of fused-ring (bicyclic) bond motifs is 1. The summed E-state index contributed by atoms with van der Waals surface area (Å²) in [5, 5.41) is 30.8. The topological polar surface area (TPSA) is 103 Å². The number of amides is 1. The molecule has 5 rings (SSSR count). The lowest BCUT2D eigenvalue weighted by molar-refractivity contribution is -0.616. The minimum absolute atomic E-state index is 0.0722. The summed E-state index contributed by atoms with van der Waals surface area (Å²) in [6.45, 7) is 0. The van der Waals surface area contributed by atoms with E-state index < -0.39 is 5.91 Å². The standard InChI is InChI=1S/C23H26N4O4/c1-31-22-12-18-15(13-26(25-18)16-7-9-17(28)10-8-16)11-19(22)24-23(29)21-4-2-3-20(27(21)30)14-5-6-14/h2-4,11-14,16-17,28H,5-10H2,1H3,(H,24,29)/t16-,17-. The van der Waals surface area contributed by atoms with Crippen LogP contribution in [0.2, 0.25) is 0 Å². The van der Waals surface area contributed by atoms with Crippen LogP contribution in [0.1, 0.15) is 66.7 Å². The molecule has 0 spiro atoms. The van der Waals surface area contributed by atoms with Crippen LogP contribution in [0.5, 0.6) is 5.75 Å². The SMILES string of the molecule is COc1cc2nn([C@H]3CC[C@H](O)CC3)cc2cc1NC(=O)c1cccc(C2CC2)[n+]1[O-]. The van der Waals surface area contributed by atoms with E-state index in [0.717, 1.165) is 54.2 Å². The highest BCUT2D eigenvalue weighted by Crippen LogP contribution is 2.38. The van der Waals surface area contributed by atoms with E-state index in [-0.39, 0.29) is 23.8 Å². The molecule has 3 aromatic rings. The molecular formula is C23H26N4O4. The Morgan fingerprint density at radius 1 is 1.23 bits per heavy atom. The summed E-state index contributed by atoms with van der Waals surface area (Å²) in [6, 6.07) is 8.95. The average molecular weight is 422 g/mol. The van der Waals surface area contributed by atoms with Gasteiger partial charge in [0.05, 0.1) is 30.5 Å². The van der Waals surface area contributed by atoms with Gasteiger partial charge >= 0.3 is 5.91 Å². The molecule has 8 nitrogen and oxygen atoms in total. The van der Waals surface area contributed by atoms with E-state index >= 15 is 0 Å². The van der Waals surface area contributed by atoms with Gasteiger partial charge in [0.1, 0.15) is 5.75 Å². The Kier molecular flexibility index (Phi) is 5.02. The Morgan fingerprint density at radius 2 is 2.00 bits per heavy atom. The Labute approximate surface area is 180 Å². The van der Waals surface area contributed by atoms with Gasteiger partial charge in [0.15, 0.2) is 5.69 Å². The van der Waals surface area contributed by atoms with Crippen molar-refractivity contribution in [1.82, 2.24) is 9.78 Å². The Hall–Kier alpha value is -3.13. The van der Waals surface area contributed by atoms with Gasteiger partial charge < -0.3 is 20.4 Å². The lowest BCUT2D eigenvalue weighted by atomic mass is 9.93. The highest BCUT2D eigenvalue weighted by molar-refractivity contribution is 6.04. The van der Waals surface area contributed by atoms with Gasteiger partial charge in [-0.05, 0) is 50.7 Å². The molecule has 2 N–H and O–H groups in total. The fourth-order valence-electron chi connectivity index (χ4n) is 4.40. The fraction of sp³-hybridized carbons (Fsp3) is 0.435. The predicted octanol–water partition coefficient (Wildman–Crippen LogP) is 3.28. The van der Waals surface area contributed by atoms with Crippen LogP contribution in [0.4, 0.5) is 5.69 Å². The van der Waals surface area contributed by atoms with Crippen LogP contribution in [0.3, 0.4) is 0 Å². The largest absolute Gasteiger partial charge is 0.618 e. The van der Waals surface area contributed by atoms with E-state index in [9.17, 15) is 15.1 Å². The normalized spacial score (nSPS) is 21.2. The van der Waals surface area contributed by atoms with Crippen LogP contribution < -0.4 is 14.8 Å². The van der Waals surface area contributed by atoms with Crippen LogP contribution in [-0.2, 0) is 0 Å². The number of aliphatic hydroxyl groups excluding tert-OH is 1. The summed E-state index contributed by atoms with van der Waals surface area (Å²) in [6.07, 6.45) is 7.05. The number of nitrogens with one attached hydrogen (secondary N) is 1. The van der Waals surface area contributed by atoms with Gasteiger partial charge in [0.2, 0.25) is 0 Å². The number of benzene rings is 1. The zero-order valence-corrected chi connectivity index (χ0v) is 17.5. The second-order valence-corrected chi connectivity index (χ2v) is 8.54. The molecule has 2 heterocycles. The molecule has 0 unspecified atom stereocenters. The quantitative estimate of drug-likeness (QED) is 0.485. The highest BCUT2D eigenvalue weighted by atomic mass is 16.5. The first-order valence-corrected chi connectivity index (χ1v) is 10.8. The minimum Gasteiger partial charge on any atom is -0.618 e. The molecule has 2 saturated carbocycles. The van der Waals surface area contributed by atoms with E-state index in [1.54, 1.807) is 18.2 Å². The van der Waals surface area contributed by atoms with Crippen molar-refractivity contribution in [1.29, 1.82) is 0 Å². The van der Waals surface area contributed by atoms with E-state index in [0.29, 0.717) is 17.1 Å². The number of carbonyl (C=O) groups is 1. The number of anilines is 1. The van der Waals surface area contributed by atoms with E-state index in [1.807, 2.05) is 16.9 Å². The summed E-state index contributed by atoms with van der Waals surface area (Å²) in [7, 11) is 1.54. The molecule has 1 aromatic carbocycles. The summed E-state index contributed by atoms with van der Waals surface area (Å²) in [4.78, 5) is 12.9. The smallest absolute Gasteiger partial charge is 0.321 e. The van der Waals surface area contributed by atoms with Crippen molar-refractivity contribution in [2.45, 2.75) is 56.6 Å². The molecule has 2 aliphatic carbocycles. The van der Waals surface area contributed by atoms with Crippen molar-refractivity contribution < 1.29 is 19.4 Å². The van der Waals surface area contributed by atoms with Crippen LogP contribution in [-0.4, -0.2) is 34.0 Å². The molecule has 2 aliphatic rings.